The van der Waals surface area contributed by atoms with Crippen LogP contribution in [-0.2, 0) is 12.8 Å². The van der Waals surface area contributed by atoms with Crippen molar-refractivity contribution in [2.75, 3.05) is 0 Å². The lowest BCUT2D eigenvalue weighted by Crippen LogP contribution is -1.94. The molecule has 3 aromatic rings. The molecule has 0 nitrogen and oxygen atoms in total. The van der Waals surface area contributed by atoms with Crippen LogP contribution in [0.3, 0.4) is 0 Å². The van der Waals surface area contributed by atoms with E-state index in [0.29, 0.717) is 0 Å². The fourth-order valence-corrected chi connectivity index (χ4v) is 2.67. The summed E-state index contributed by atoms with van der Waals surface area (Å²) in [5, 5.41) is 0. The minimum Gasteiger partial charge on any atom is -0.0622 e. The van der Waals surface area contributed by atoms with E-state index >= 15 is 0 Å². The Bertz CT molecular complexity index is 694. The first-order valence-corrected chi connectivity index (χ1v) is 7.52. The summed E-state index contributed by atoms with van der Waals surface area (Å²) in [5.41, 5.74) is 6.80. The molecule has 3 rings (SSSR count). The molecule has 104 valence electrons. The third kappa shape index (κ3) is 3.41. The second-order valence-electron chi connectivity index (χ2n) is 5.51. The van der Waals surface area contributed by atoms with Gasteiger partial charge in [0.15, 0.2) is 0 Å². The highest BCUT2D eigenvalue weighted by Crippen LogP contribution is 2.24. The van der Waals surface area contributed by atoms with Crippen LogP contribution in [0.25, 0.3) is 11.1 Å². The number of hydrogen-bond donors (Lipinski definition) is 0. The lowest BCUT2D eigenvalue weighted by molar-refractivity contribution is 0.961. The van der Waals surface area contributed by atoms with Gasteiger partial charge in [0.05, 0.1) is 0 Å². The fraction of sp³-hybridized carbons (Fsp3) is 0.143. The van der Waals surface area contributed by atoms with Gasteiger partial charge in [0.1, 0.15) is 0 Å². The Labute approximate surface area is 127 Å². The Hall–Kier alpha value is -2.34. The van der Waals surface area contributed by atoms with Crippen LogP contribution >= 0.6 is 0 Å². The highest BCUT2D eigenvalue weighted by Gasteiger charge is 2.04. The van der Waals surface area contributed by atoms with Crippen molar-refractivity contribution in [1.82, 2.24) is 0 Å². The third-order valence-corrected chi connectivity index (χ3v) is 3.91. The molecule has 0 N–H and O–H groups in total. The summed E-state index contributed by atoms with van der Waals surface area (Å²) in [6.45, 7) is 2.13. The van der Waals surface area contributed by atoms with Crippen LogP contribution in [0.4, 0.5) is 0 Å². The molecule has 0 heteroatoms. The molecule has 0 aliphatic heterocycles. The van der Waals surface area contributed by atoms with Crippen LogP contribution in [0.2, 0.25) is 0 Å². The van der Waals surface area contributed by atoms with Gasteiger partial charge in [-0.15, -0.1) is 0 Å². The molecule has 0 saturated carbocycles. The van der Waals surface area contributed by atoms with E-state index in [1.165, 1.54) is 27.8 Å². The quantitative estimate of drug-likeness (QED) is 0.592. The standard InChI is InChI=1S/C21H20/c1-17-11-13-18(14-12-17)15-16-20-9-5-6-10-21(20)19-7-3-2-4-8-19/h2-14H,15-16H2,1H3. The van der Waals surface area contributed by atoms with Crippen molar-refractivity contribution < 1.29 is 0 Å². The van der Waals surface area contributed by atoms with E-state index in [4.69, 9.17) is 0 Å². The first-order chi connectivity index (χ1) is 10.3. The summed E-state index contributed by atoms with van der Waals surface area (Å²) >= 11 is 0. The predicted octanol–water partition coefficient (Wildman–Crippen LogP) is 5.45. The summed E-state index contributed by atoms with van der Waals surface area (Å²) in [6, 6.07) is 28.2. The molecule has 0 amide bonds. The largest absolute Gasteiger partial charge is 0.0622 e. The summed E-state index contributed by atoms with van der Waals surface area (Å²) in [4.78, 5) is 0. The van der Waals surface area contributed by atoms with Crippen molar-refractivity contribution in [3.05, 3.63) is 95.6 Å². The Morgan fingerprint density at radius 3 is 2.05 bits per heavy atom. The summed E-state index contributed by atoms with van der Waals surface area (Å²) in [5.74, 6) is 0. The molecule has 0 aliphatic rings. The maximum absolute atomic E-state index is 2.25. The summed E-state index contributed by atoms with van der Waals surface area (Å²) in [7, 11) is 0. The van der Waals surface area contributed by atoms with Crippen LogP contribution in [0.1, 0.15) is 16.7 Å². The highest BCUT2D eigenvalue weighted by molar-refractivity contribution is 5.67. The molecule has 0 radical (unpaired) electrons. The van der Waals surface area contributed by atoms with Gasteiger partial charge in [0, 0.05) is 0 Å². The molecule has 0 unspecified atom stereocenters. The summed E-state index contributed by atoms with van der Waals surface area (Å²) in [6.07, 6.45) is 2.16. The van der Waals surface area contributed by atoms with Crippen LogP contribution in [0.5, 0.6) is 0 Å². The first kappa shape index (κ1) is 13.6. The van der Waals surface area contributed by atoms with Crippen molar-refractivity contribution in [3.63, 3.8) is 0 Å². The molecular weight excluding hydrogens is 252 g/mol. The van der Waals surface area contributed by atoms with E-state index in [2.05, 4.69) is 85.8 Å². The van der Waals surface area contributed by atoms with Gasteiger partial charge >= 0.3 is 0 Å². The number of aryl methyl sites for hydroxylation is 3. The maximum Gasteiger partial charge on any atom is -0.0152 e. The van der Waals surface area contributed by atoms with E-state index in [-0.39, 0.29) is 0 Å². The van der Waals surface area contributed by atoms with Crippen molar-refractivity contribution in [3.8, 4) is 11.1 Å². The molecule has 0 aromatic heterocycles. The monoisotopic (exact) mass is 272 g/mol. The smallest absolute Gasteiger partial charge is 0.0152 e. The number of benzene rings is 3. The van der Waals surface area contributed by atoms with Gasteiger partial charge in [-0.2, -0.15) is 0 Å². The Kier molecular flexibility index (Phi) is 4.16. The zero-order valence-corrected chi connectivity index (χ0v) is 12.4. The van der Waals surface area contributed by atoms with Gasteiger partial charge < -0.3 is 0 Å². The topological polar surface area (TPSA) is 0 Å². The minimum atomic E-state index is 1.08. The van der Waals surface area contributed by atoms with E-state index in [0.717, 1.165) is 12.8 Å². The molecule has 0 aliphatic carbocycles. The van der Waals surface area contributed by atoms with E-state index in [9.17, 15) is 0 Å². The third-order valence-electron chi connectivity index (χ3n) is 3.91. The molecule has 0 bridgehead atoms. The fourth-order valence-electron chi connectivity index (χ4n) is 2.67. The molecular formula is C21H20. The van der Waals surface area contributed by atoms with Crippen LogP contribution in [0.15, 0.2) is 78.9 Å². The molecule has 21 heavy (non-hydrogen) atoms. The molecule has 0 atom stereocenters. The lowest BCUT2D eigenvalue weighted by Gasteiger charge is -2.10. The van der Waals surface area contributed by atoms with Crippen molar-refractivity contribution in [2.45, 2.75) is 19.8 Å². The normalized spacial score (nSPS) is 10.5. The maximum atomic E-state index is 2.25. The van der Waals surface area contributed by atoms with Gasteiger partial charge in [-0.3, -0.25) is 0 Å². The molecule has 3 aromatic carbocycles. The zero-order chi connectivity index (χ0) is 14.5. The molecule has 0 spiro atoms. The first-order valence-electron chi connectivity index (χ1n) is 7.52. The average Bonchev–Trinajstić information content (AvgIpc) is 2.55. The lowest BCUT2D eigenvalue weighted by atomic mass is 9.95. The van der Waals surface area contributed by atoms with Gasteiger partial charge in [-0.1, -0.05) is 84.4 Å². The van der Waals surface area contributed by atoms with Crippen molar-refractivity contribution in [1.29, 1.82) is 0 Å². The SMILES string of the molecule is Cc1ccc(CCc2ccccc2-c2ccccc2)cc1. The predicted molar refractivity (Wildman–Crippen MR) is 90.5 cm³/mol. The van der Waals surface area contributed by atoms with Crippen molar-refractivity contribution >= 4 is 0 Å². The number of hydrogen-bond acceptors (Lipinski definition) is 0. The Morgan fingerprint density at radius 1 is 0.619 bits per heavy atom. The highest BCUT2D eigenvalue weighted by atomic mass is 14.1. The zero-order valence-electron chi connectivity index (χ0n) is 12.4. The summed E-state index contributed by atoms with van der Waals surface area (Å²) < 4.78 is 0. The van der Waals surface area contributed by atoms with Gasteiger partial charge in [-0.05, 0) is 42.0 Å². The molecule has 0 fully saturated rings. The van der Waals surface area contributed by atoms with Gasteiger partial charge in [0.2, 0.25) is 0 Å². The van der Waals surface area contributed by atoms with Crippen LogP contribution in [-0.4, -0.2) is 0 Å². The van der Waals surface area contributed by atoms with E-state index in [1.807, 2.05) is 0 Å². The minimum absolute atomic E-state index is 1.08. The van der Waals surface area contributed by atoms with Gasteiger partial charge in [-0.25, -0.2) is 0 Å². The number of rotatable bonds is 4. The molecule has 0 heterocycles. The van der Waals surface area contributed by atoms with Crippen molar-refractivity contribution in [2.24, 2.45) is 0 Å². The average molecular weight is 272 g/mol. The Balaban J connectivity index is 1.81. The van der Waals surface area contributed by atoms with Gasteiger partial charge in [0.25, 0.3) is 0 Å². The van der Waals surface area contributed by atoms with E-state index in [1.54, 1.807) is 0 Å². The second-order valence-corrected chi connectivity index (χ2v) is 5.51. The van der Waals surface area contributed by atoms with Crippen LogP contribution < -0.4 is 0 Å². The molecule has 0 saturated heterocycles. The second kappa shape index (κ2) is 6.41. The van der Waals surface area contributed by atoms with Crippen LogP contribution in [0, 0.1) is 6.92 Å². The van der Waals surface area contributed by atoms with E-state index < -0.39 is 0 Å². The Morgan fingerprint density at radius 2 is 1.29 bits per heavy atom.